The van der Waals surface area contributed by atoms with Gasteiger partial charge in [0, 0.05) is 16.6 Å². The standard InChI is InChI=1S/C18H17BrF3NO/c1-11-9-15(19)10-12(2)17(11)23-16(24)8-5-13-3-6-14(7-4-13)18(20,21)22/h3-4,6-7,9-10H,5,8H2,1-2H3,(H,23,24). The number of anilines is 1. The van der Waals surface area contributed by atoms with Crippen LogP contribution in [0.4, 0.5) is 18.9 Å². The van der Waals surface area contributed by atoms with Crippen molar-refractivity contribution in [3.05, 3.63) is 63.1 Å². The highest BCUT2D eigenvalue weighted by atomic mass is 79.9. The Bertz CT molecular complexity index is 716. The van der Waals surface area contributed by atoms with Gasteiger partial charge in [0.1, 0.15) is 0 Å². The molecule has 0 saturated heterocycles. The van der Waals surface area contributed by atoms with Crippen molar-refractivity contribution in [2.24, 2.45) is 0 Å². The molecule has 1 amide bonds. The molecule has 2 nitrogen and oxygen atoms in total. The average Bonchev–Trinajstić information content (AvgIpc) is 2.48. The molecule has 128 valence electrons. The molecule has 0 aliphatic heterocycles. The lowest BCUT2D eigenvalue weighted by molar-refractivity contribution is -0.137. The smallest absolute Gasteiger partial charge is 0.326 e. The van der Waals surface area contributed by atoms with E-state index in [0.29, 0.717) is 12.0 Å². The lowest BCUT2D eigenvalue weighted by atomic mass is 10.1. The highest BCUT2D eigenvalue weighted by Crippen LogP contribution is 2.29. The van der Waals surface area contributed by atoms with Crippen molar-refractivity contribution in [2.45, 2.75) is 32.9 Å². The van der Waals surface area contributed by atoms with Crippen molar-refractivity contribution in [3.63, 3.8) is 0 Å². The summed E-state index contributed by atoms with van der Waals surface area (Å²) in [5.41, 5.74) is 2.68. The molecular formula is C18H17BrF3NO. The van der Waals surface area contributed by atoms with E-state index in [1.165, 1.54) is 12.1 Å². The molecule has 0 spiro atoms. The van der Waals surface area contributed by atoms with Gasteiger partial charge in [0.2, 0.25) is 5.91 Å². The van der Waals surface area contributed by atoms with Gasteiger partial charge in [-0.2, -0.15) is 13.2 Å². The summed E-state index contributed by atoms with van der Waals surface area (Å²) in [5, 5.41) is 2.87. The van der Waals surface area contributed by atoms with Crippen molar-refractivity contribution in [1.82, 2.24) is 0 Å². The van der Waals surface area contributed by atoms with Gasteiger partial charge in [0.25, 0.3) is 0 Å². The Morgan fingerprint density at radius 3 is 2.12 bits per heavy atom. The average molecular weight is 400 g/mol. The molecule has 2 aromatic rings. The maximum atomic E-state index is 12.5. The van der Waals surface area contributed by atoms with Crippen LogP contribution in [-0.4, -0.2) is 5.91 Å². The minimum Gasteiger partial charge on any atom is -0.326 e. The second kappa shape index (κ2) is 7.38. The highest BCUT2D eigenvalue weighted by molar-refractivity contribution is 9.10. The molecule has 0 aromatic heterocycles. The van der Waals surface area contributed by atoms with Gasteiger partial charge in [-0.3, -0.25) is 4.79 Å². The number of hydrogen-bond acceptors (Lipinski definition) is 1. The largest absolute Gasteiger partial charge is 0.416 e. The fraction of sp³-hybridized carbons (Fsp3) is 0.278. The van der Waals surface area contributed by atoms with Gasteiger partial charge in [0.05, 0.1) is 5.56 Å². The van der Waals surface area contributed by atoms with E-state index in [9.17, 15) is 18.0 Å². The van der Waals surface area contributed by atoms with Gasteiger partial charge in [-0.15, -0.1) is 0 Å². The number of alkyl halides is 3. The number of carbonyl (C=O) groups excluding carboxylic acids is 1. The van der Waals surface area contributed by atoms with Crippen molar-refractivity contribution in [1.29, 1.82) is 0 Å². The molecule has 0 saturated carbocycles. The third-order valence-electron chi connectivity index (χ3n) is 3.68. The number of halogens is 4. The molecule has 0 aliphatic rings. The minimum atomic E-state index is -4.34. The predicted octanol–water partition coefficient (Wildman–Crippen LogP) is 5.66. The Labute approximate surface area is 147 Å². The number of rotatable bonds is 4. The molecule has 6 heteroatoms. The molecule has 1 N–H and O–H groups in total. The van der Waals surface area contributed by atoms with Gasteiger partial charge in [-0.05, 0) is 61.2 Å². The van der Waals surface area contributed by atoms with Crippen LogP contribution in [0.2, 0.25) is 0 Å². The maximum Gasteiger partial charge on any atom is 0.416 e. The lowest BCUT2D eigenvalue weighted by Crippen LogP contribution is -2.14. The zero-order valence-corrected chi connectivity index (χ0v) is 14.9. The number of benzene rings is 2. The van der Waals surface area contributed by atoms with Crippen LogP contribution in [0, 0.1) is 13.8 Å². The fourth-order valence-corrected chi connectivity index (χ4v) is 3.11. The van der Waals surface area contributed by atoms with Crippen LogP contribution < -0.4 is 5.32 Å². The molecule has 0 aliphatic carbocycles. The SMILES string of the molecule is Cc1cc(Br)cc(C)c1NC(=O)CCc1ccc(C(F)(F)F)cc1. The van der Waals surface area contributed by atoms with Gasteiger partial charge in [-0.1, -0.05) is 28.1 Å². The van der Waals surface area contributed by atoms with Crippen molar-refractivity contribution >= 4 is 27.5 Å². The van der Waals surface area contributed by atoms with Gasteiger partial charge in [-0.25, -0.2) is 0 Å². The van der Waals surface area contributed by atoms with Crippen LogP contribution in [0.5, 0.6) is 0 Å². The summed E-state index contributed by atoms with van der Waals surface area (Å²) in [7, 11) is 0. The number of aryl methyl sites for hydroxylation is 3. The fourth-order valence-electron chi connectivity index (χ4n) is 2.43. The van der Waals surface area contributed by atoms with Crippen LogP contribution in [0.3, 0.4) is 0 Å². The molecule has 0 atom stereocenters. The van der Waals surface area contributed by atoms with Gasteiger partial charge >= 0.3 is 6.18 Å². The van der Waals surface area contributed by atoms with E-state index in [2.05, 4.69) is 21.2 Å². The molecule has 0 heterocycles. The Kier molecular flexibility index (Phi) is 5.70. The van der Waals surface area contributed by atoms with E-state index in [-0.39, 0.29) is 12.3 Å². The molecule has 0 bridgehead atoms. The second-order valence-electron chi connectivity index (χ2n) is 5.66. The Morgan fingerprint density at radius 2 is 1.62 bits per heavy atom. The lowest BCUT2D eigenvalue weighted by Gasteiger charge is -2.12. The molecule has 0 unspecified atom stereocenters. The first kappa shape index (κ1) is 18.5. The predicted molar refractivity (Wildman–Crippen MR) is 92.0 cm³/mol. The van der Waals surface area contributed by atoms with E-state index in [1.54, 1.807) is 0 Å². The van der Waals surface area contributed by atoms with Crippen molar-refractivity contribution in [2.75, 3.05) is 5.32 Å². The molecule has 0 fully saturated rings. The third-order valence-corrected chi connectivity index (χ3v) is 4.14. The second-order valence-corrected chi connectivity index (χ2v) is 6.57. The summed E-state index contributed by atoms with van der Waals surface area (Å²) in [6, 6.07) is 8.72. The molecule has 2 rings (SSSR count). The van der Waals surface area contributed by atoms with E-state index in [0.717, 1.165) is 33.4 Å². The normalized spacial score (nSPS) is 11.4. The van der Waals surface area contributed by atoms with Gasteiger partial charge in [0.15, 0.2) is 0 Å². The van der Waals surface area contributed by atoms with E-state index < -0.39 is 11.7 Å². The van der Waals surface area contributed by atoms with E-state index in [4.69, 9.17) is 0 Å². The highest BCUT2D eigenvalue weighted by Gasteiger charge is 2.29. The Morgan fingerprint density at radius 1 is 1.08 bits per heavy atom. The first-order chi connectivity index (χ1) is 11.2. The number of amides is 1. The van der Waals surface area contributed by atoms with Crippen LogP contribution in [-0.2, 0) is 17.4 Å². The Hall–Kier alpha value is -1.82. The summed E-state index contributed by atoms with van der Waals surface area (Å²) in [6.07, 6.45) is -3.74. The van der Waals surface area contributed by atoms with Crippen LogP contribution >= 0.6 is 15.9 Å². The summed E-state index contributed by atoms with van der Waals surface area (Å²) in [6.45, 7) is 3.81. The monoisotopic (exact) mass is 399 g/mol. The zero-order chi connectivity index (χ0) is 17.9. The quantitative estimate of drug-likeness (QED) is 0.706. The first-order valence-electron chi connectivity index (χ1n) is 7.39. The molecule has 2 aromatic carbocycles. The van der Waals surface area contributed by atoms with Gasteiger partial charge < -0.3 is 5.32 Å². The number of nitrogens with one attached hydrogen (secondary N) is 1. The first-order valence-corrected chi connectivity index (χ1v) is 8.19. The summed E-state index contributed by atoms with van der Waals surface area (Å²) < 4.78 is 38.5. The molecule has 0 radical (unpaired) electrons. The summed E-state index contributed by atoms with van der Waals surface area (Å²) in [4.78, 5) is 12.1. The summed E-state index contributed by atoms with van der Waals surface area (Å²) >= 11 is 3.40. The summed E-state index contributed by atoms with van der Waals surface area (Å²) in [5.74, 6) is -0.163. The zero-order valence-electron chi connectivity index (χ0n) is 13.3. The van der Waals surface area contributed by atoms with Crippen LogP contribution in [0.25, 0.3) is 0 Å². The minimum absolute atomic E-state index is 0.163. The topological polar surface area (TPSA) is 29.1 Å². The van der Waals surface area contributed by atoms with Crippen LogP contribution in [0.1, 0.15) is 28.7 Å². The van der Waals surface area contributed by atoms with E-state index in [1.807, 2.05) is 26.0 Å². The maximum absolute atomic E-state index is 12.5. The van der Waals surface area contributed by atoms with Crippen LogP contribution in [0.15, 0.2) is 40.9 Å². The van der Waals surface area contributed by atoms with Crippen molar-refractivity contribution < 1.29 is 18.0 Å². The third kappa shape index (κ3) is 4.84. The molecule has 24 heavy (non-hydrogen) atoms. The van der Waals surface area contributed by atoms with Crippen molar-refractivity contribution in [3.8, 4) is 0 Å². The number of hydrogen-bond donors (Lipinski definition) is 1. The van der Waals surface area contributed by atoms with E-state index >= 15 is 0 Å². The Balaban J connectivity index is 1.97. The number of carbonyl (C=O) groups is 1. The molecular weight excluding hydrogens is 383 g/mol.